The van der Waals surface area contributed by atoms with Crippen molar-refractivity contribution in [2.75, 3.05) is 19.6 Å². The second-order valence-electron chi connectivity index (χ2n) is 6.53. The zero-order chi connectivity index (χ0) is 14.5. The minimum Gasteiger partial charge on any atom is -0.480 e. The molecule has 0 aromatic rings. The summed E-state index contributed by atoms with van der Waals surface area (Å²) in [6.07, 6.45) is 5.30. The minimum absolute atomic E-state index is 0.331. The second-order valence-corrected chi connectivity index (χ2v) is 6.53. The first-order valence-corrected chi connectivity index (χ1v) is 7.55. The molecule has 4 heteroatoms. The number of hydrogen-bond acceptors (Lipinski definition) is 3. The number of unbranched alkanes of at least 4 members (excludes halogenated alkanes) is 1. The highest BCUT2D eigenvalue weighted by Gasteiger charge is 2.33. The van der Waals surface area contributed by atoms with Crippen molar-refractivity contribution in [3.05, 3.63) is 0 Å². The molecule has 2 N–H and O–H groups in total. The van der Waals surface area contributed by atoms with E-state index in [-0.39, 0.29) is 0 Å². The summed E-state index contributed by atoms with van der Waals surface area (Å²) in [7, 11) is 0. The average Bonchev–Trinajstić information content (AvgIpc) is 2.64. The van der Waals surface area contributed by atoms with Crippen LogP contribution < -0.4 is 5.32 Å². The lowest BCUT2D eigenvalue weighted by Crippen LogP contribution is -2.49. The summed E-state index contributed by atoms with van der Waals surface area (Å²) in [6.45, 7) is 11.3. The fraction of sp³-hybridized carbons (Fsp3) is 0.933. The molecule has 1 unspecified atom stereocenters. The van der Waals surface area contributed by atoms with Crippen LogP contribution in [-0.2, 0) is 4.79 Å². The smallest absolute Gasteiger partial charge is 0.323 e. The summed E-state index contributed by atoms with van der Waals surface area (Å²) in [5.74, 6) is -0.740. The third-order valence-corrected chi connectivity index (χ3v) is 4.47. The van der Waals surface area contributed by atoms with E-state index in [9.17, 15) is 9.90 Å². The van der Waals surface area contributed by atoms with Crippen molar-refractivity contribution < 1.29 is 9.90 Å². The van der Waals surface area contributed by atoms with E-state index in [4.69, 9.17) is 0 Å². The number of likely N-dealkylation sites (N-methyl/N-ethyl adjacent to an activating group) is 1. The van der Waals surface area contributed by atoms with Gasteiger partial charge in [-0.05, 0) is 72.5 Å². The molecule has 0 radical (unpaired) electrons. The van der Waals surface area contributed by atoms with Gasteiger partial charge in [0.05, 0.1) is 0 Å². The molecule has 0 aromatic heterocycles. The average molecular weight is 270 g/mol. The molecule has 1 rings (SSSR count). The van der Waals surface area contributed by atoms with Gasteiger partial charge < -0.3 is 10.4 Å². The Labute approximate surface area is 117 Å². The van der Waals surface area contributed by atoms with Crippen LogP contribution in [0, 0.1) is 0 Å². The minimum atomic E-state index is -0.769. The maximum Gasteiger partial charge on any atom is 0.323 e. The lowest BCUT2D eigenvalue weighted by Gasteiger charge is -2.32. The first kappa shape index (κ1) is 16.4. The van der Waals surface area contributed by atoms with Gasteiger partial charge in [0.15, 0.2) is 0 Å². The van der Waals surface area contributed by atoms with Crippen LogP contribution >= 0.6 is 0 Å². The Morgan fingerprint density at radius 3 is 2.58 bits per heavy atom. The molecule has 4 nitrogen and oxygen atoms in total. The van der Waals surface area contributed by atoms with Crippen molar-refractivity contribution in [2.45, 2.75) is 70.9 Å². The molecule has 0 aliphatic carbocycles. The molecule has 1 saturated heterocycles. The van der Waals surface area contributed by atoms with Crippen LogP contribution in [0.15, 0.2) is 0 Å². The Morgan fingerprint density at radius 2 is 2.11 bits per heavy atom. The van der Waals surface area contributed by atoms with Crippen molar-refractivity contribution in [2.24, 2.45) is 0 Å². The number of aliphatic carboxylic acids is 1. The highest BCUT2D eigenvalue weighted by Crippen LogP contribution is 2.28. The molecule has 0 aromatic carbocycles. The summed E-state index contributed by atoms with van der Waals surface area (Å²) in [6, 6.07) is 0. The van der Waals surface area contributed by atoms with Gasteiger partial charge >= 0.3 is 5.97 Å². The number of rotatable bonds is 8. The highest BCUT2D eigenvalue weighted by molar-refractivity contribution is 5.78. The summed E-state index contributed by atoms with van der Waals surface area (Å²) in [5.41, 5.74) is -0.437. The number of carboxylic acids is 1. The molecule has 0 bridgehead atoms. The van der Waals surface area contributed by atoms with Gasteiger partial charge in [-0.2, -0.15) is 0 Å². The summed E-state index contributed by atoms with van der Waals surface area (Å²) < 4.78 is 0. The van der Waals surface area contributed by atoms with Gasteiger partial charge in [-0.1, -0.05) is 6.92 Å². The predicted octanol–water partition coefficient (Wildman–Crippen LogP) is 2.48. The van der Waals surface area contributed by atoms with Gasteiger partial charge in [-0.25, -0.2) is 0 Å². The monoisotopic (exact) mass is 270 g/mol. The standard InChI is InChI=1S/C15H30N2O2/c1-5-16-15(4,13(18)19)10-6-7-11-17-12-8-9-14(17,2)3/h16H,5-12H2,1-4H3,(H,18,19). The zero-order valence-electron chi connectivity index (χ0n) is 13.0. The Balaban J connectivity index is 2.31. The summed E-state index contributed by atoms with van der Waals surface area (Å²) >= 11 is 0. The molecule has 0 amide bonds. The molecule has 1 atom stereocenters. The molecule has 1 fully saturated rings. The van der Waals surface area contributed by atoms with E-state index in [1.54, 1.807) is 6.92 Å². The number of likely N-dealkylation sites (tertiary alicyclic amines) is 1. The van der Waals surface area contributed by atoms with Gasteiger partial charge in [0, 0.05) is 5.54 Å². The van der Waals surface area contributed by atoms with E-state index in [1.165, 1.54) is 19.4 Å². The molecular formula is C15H30N2O2. The van der Waals surface area contributed by atoms with E-state index in [0.717, 1.165) is 19.4 Å². The van der Waals surface area contributed by atoms with Crippen LogP contribution in [0.1, 0.15) is 59.8 Å². The Hall–Kier alpha value is -0.610. The summed E-state index contributed by atoms with van der Waals surface area (Å²) in [5, 5.41) is 12.4. The Morgan fingerprint density at radius 1 is 1.42 bits per heavy atom. The van der Waals surface area contributed by atoms with Crippen molar-refractivity contribution in [1.29, 1.82) is 0 Å². The van der Waals surface area contributed by atoms with E-state index < -0.39 is 11.5 Å². The van der Waals surface area contributed by atoms with E-state index in [2.05, 4.69) is 24.1 Å². The molecule has 112 valence electrons. The number of nitrogens with one attached hydrogen (secondary N) is 1. The van der Waals surface area contributed by atoms with E-state index >= 15 is 0 Å². The Kier molecular flexibility index (Phi) is 5.81. The fourth-order valence-electron chi connectivity index (χ4n) is 3.02. The fourth-order valence-corrected chi connectivity index (χ4v) is 3.02. The van der Waals surface area contributed by atoms with Crippen LogP contribution in [0.3, 0.4) is 0 Å². The molecule has 19 heavy (non-hydrogen) atoms. The number of carboxylic acid groups (broad SMARTS) is 1. The molecule has 0 spiro atoms. The van der Waals surface area contributed by atoms with Gasteiger partial charge in [0.1, 0.15) is 5.54 Å². The quantitative estimate of drug-likeness (QED) is 0.665. The molecule has 1 aliphatic heterocycles. The Bertz CT molecular complexity index is 305. The topological polar surface area (TPSA) is 52.6 Å². The van der Waals surface area contributed by atoms with Crippen molar-refractivity contribution >= 4 is 5.97 Å². The number of nitrogens with zero attached hydrogens (tertiary/aromatic N) is 1. The van der Waals surface area contributed by atoms with Gasteiger partial charge in [-0.3, -0.25) is 9.69 Å². The maximum absolute atomic E-state index is 11.3. The maximum atomic E-state index is 11.3. The van der Waals surface area contributed by atoms with Gasteiger partial charge in [0.25, 0.3) is 0 Å². The van der Waals surface area contributed by atoms with Crippen LogP contribution in [0.2, 0.25) is 0 Å². The van der Waals surface area contributed by atoms with Crippen molar-refractivity contribution in [3.8, 4) is 0 Å². The van der Waals surface area contributed by atoms with Crippen LogP contribution in [-0.4, -0.2) is 46.7 Å². The molecule has 1 aliphatic rings. The highest BCUT2D eigenvalue weighted by atomic mass is 16.4. The van der Waals surface area contributed by atoms with Crippen LogP contribution in [0.4, 0.5) is 0 Å². The summed E-state index contributed by atoms with van der Waals surface area (Å²) in [4.78, 5) is 13.8. The molecular weight excluding hydrogens is 240 g/mol. The first-order valence-electron chi connectivity index (χ1n) is 7.55. The number of carbonyl (C=O) groups is 1. The van der Waals surface area contributed by atoms with Crippen molar-refractivity contribution in [1.82, 2.24) is 10.2 Å². The van der Waals surface area contributed by atoms with Crippen molar-refractivity contribution in [3.63, 3.8) is 0 Å². The van der Waals surface area contributed by atoms with E-state index in [0.29, 0.717) is 18.5 Å². The lowest BCUT2D eigenvalue weighted by atomic mass is 9.94. The van der Waals surface area contributed by atoms with Gasteiger partial charge in [0.2, 0.25) is 0 Å². The normalized spacial score (nSPS) is 22.3. The largest absolute Gasteiger partial charge is 0.480 e. The molecule has 0 saturated carbocycles. The zero-order valence-corrected chi connectivity index (χ0v) is 13.0. The first-order chi connectivity index (χ1) is 8.82. The van der Waals surface area contributed by atoms with Crippen LogP contribution in [0.25, 0.3) is 0 Å². The lowest BCUT2D eigenvalue weighted by molar-refractivity contribution is -0.144. The third kappa shape index (κ3) is 4.46. The SMILES string of the molecule is CCNC(C)(CCCCN1CCCC1(C)C)C(=O)O. The number of hydrogen-bond donors (Lipinski definition) is 2. The second kappa shape index (κ2) is 6.71. The third-order valence-electron chi connectivity index (χ3n) is 4.47. The van der Waals surface area contributed by atoms with Crippen LogP contribution in [0.5, 0.6) is 0 Å². The predicted molar refractivity (Wildman–Crippen MR) is 78.5 cm³/mol. The molecule has 1 heterocycles. The van der Waals surface area contributed by atoms with Gasteiger partial charge in [-0.15, -0.1) is 0 Å². The van der Waals surface area contributed by atoms with E-state index in [1.807, 2.05) is 6.92 Å².